The highest BCUT2D eigenvalue weighted by molar-refractivity contribution is 6.02. The van der Waals surface area contributed by atoms with E-state index in [9.17, 15) is 20.1 Å². The number of nitrogens with zero attached hydrogens (tertiary/aromatic N) is 3. The molecule has 2 atom stereocenters. The van der Waals surface area contributed by atoms with Crippen LogP contribution in [-0.4, -0.2) is 23.8 Å². The standard InChI is InChI=1S/C13H17N3O2/c1-8(2)5-13(3)9(6-14)11(17)16(4)12(18)10(13)7-15/h8-10H,5H2,1-4H3. The van der Waals surface area contributed by atoms with Crippen molar-refractivity contribution in [3.63, 3.8) is 0 Å². The number of rotatable bonds is 2. The largest absolute Gasteiger partial charge is 0.283 e. The zero-order valence-corrected chi connectivity index (χ0v) is 11.1. The lowest BCUT2D eigenvalue weighted by molar-refractivity contribution is -0.159. The molecule has 0 spiro atoms. The Balaban J connectivity index is 3.32. The van der Waals surface area contributed by atoms with E-state index < -0.39 is 29.1 Å². The Bertz CT molecular complexity index is 422. The van der Waals surface area contributed by atoms with Crippen LogP contribution >= 0.6 is 0 Å². The summed E-state index contributed by atoms with van der Waals surface area (Å²) in [4.78, 5) is 24.9. The summed E-state index contributed by atoms with van der Waals surface area (Å²) in [7, 11) is 1.33. The smallest absolute Gasteiger partial charge is 0.246 e. The minimum atomic E-state index is -0.938. The minimum Gasteiger partial charge on any atom is -0.283 e. The van der Waals surface area contributed by atoms with Gasteiger partial charge in [0.25, 0.3) is 0 Å². The van der Waals surface area contributed by atoms with Crippen LogP contribution in [0.2, 0.25) is 0 Å². The molecule has 18 heavy (non-hydrogen) atoms. The molecule has 0 saturated carbocycles. The van der Waals surface area contributed by atoms with Crippen LogP contribution in [0.5, 0.6) is 0 Å². The molecule has 0 N–H and O–H groups in total. The van der Waals surface area contributed by atoms with Gasteiger partial charge in [-0.05, 0) is 12.3 Å². The second-order valence-electron chi connectivity index (χ2n) is 5.46. The van der Waals surface area contributed by atoms with E-state index in [0.717, 1.165) is 4.90 Å². The van der Waals surface area contributed by atoms with Crippen LogP contribution in [0.3, 0.4) is 0 Å². The van der Waals surface area contributed by atoms with Gasteiger partial charge in [0.1, 0.15) is 11.8 Å². The average molecular weight is 247 g/mol. The highest BCUT2D eigenvalue weighted by Crippen LogP contribution is 2.45. The number of carbonyl (C=O) groups excluding carboxylic acids is 2. The molecule has 1 aliphatic heterocycles. The van der Waals surface area contributed by atoms with Crippen LogP contribution in [0.25, 0.3) is 0 Å². The molecule has 2 amide bonds. The molecule has 96 valence electrons. The Kier molecular flexibility index (Phi) is 3.76. The van der Waals surface area contributed by atoms with Crippen LogP contribution in [-0.2, 0) is 9.59 Å². The van der Waals surface area contributed by atoms with Crippen molar-refractivity contribution < 1.29 is 9.59 Å². The fourth-order valence-corrected chi connectivity index (χ4v) is 2.75. The molecular formula is C13H17N3O2. The van der Waals surface area contributed by atoms with E-state index >= 15 is 0 Å². The Morgan fingerprint density at radius 3 is 1.89 bits per heavy atom. The summed E-state index contributed by atoms with van der Waals surface area (Å²) in [6, 6.07) is 3.94. The summed E-state index contributed by atoms with van der Waals surface area (Å²) < 4.78 is 0. The topological polar surface area (TPSA) is 85.0 Å². The molecule has 1 saturated heterocycles. The van der Waals surface area contributed by atoms with Crippen LogP contribution < -0.4 is 0 Å². The highest BCUT2D eigenvalue weighted by Gasteiger charge is 2.55. The zero-order chi connectivity index (χ0) is 14.1. The number of amides is 2. The summed E-state index contributed by atoms with van der Waals surface area (Å²) in [5.41, 5.74) is -0.904. The van der Waals surface area contributed by atoms with Crippen molar-refractivity contribution in [1.29, 1.82) is 10.5 Å². The first kappa shape index (κ1) is 14.2. The molecule has 1 fully saturated rings. The number of hydrogen-bond donors (Lipinski definition) is 0. The summed E-state index contributed by atoms with van der Waals surface area (Å²) in [6.07, 6.45) is 0.495. The summed E-state index contributed by atoms with van der Waals surface area (Å²) in [6.45, 7) is 5.58. The van der Waals surface area contributed by atoms with Gasteiger partial charge in [-0.1, -0.05) is 20.8 Å². The highest BCUT2D eigenvalue weighted by atomic mass is 16.2. The molecule has 0 bridgehead atoms. The lowest BCUT2D eigenvalue weighted by atomic mass is 9.61. The number of piperidine rings is 1. The number of carbonyl (C=O) groups is 2. The van der Waals surface area contributed by atoms with Gasteiger partial charge >= 0.3 is 0 Å². The van der Waals surface area contributed by atoms with Crippen LogP contribution in [0, 0.1) is 45.8 Å². The van der Waals surface area contributed by atoms with Crippen molar-refractivity contribution in [2.75, 3.05) is 7.05 Å². The van der Waals surface area contributed by atoms with E-state index in [1.54, 1.807) is 6.92 Å². The molecular weight excluding hydrogens is 230 g/mol. The molecule has 2 unspecified atom stereocenters. The van der Waals surface area contributed by atoms with Crippen LogP contribution in [0.4, 0.5) is 0 Å². The first-order valence-corrected chi connectivity index (χ1v) is 5.90. The van der Waals surface area contributed by atoms with Gasteiger partial charge in [-0.3, -0.25) is 14.5 Å². The van der Waals surface area contributed by atoms with Crippen molar-refractivity contribution in [3.05, 3.63) is 0 Å². The number of likely N-dealkylation sites (tertiary alicyclic amines) is 1. The molecule has 0 aliphatic carbocycles. The third-order valence-electron chi connectivity index (χ3n) is 3.58. The fraction of sp³-hybridized carbons (Fsp3) is 0.692. The maximum Gasteiger partial charge on any atom is 0.246 e. The molecule has 0 aromatic heterocycles. The normalized spacial score (nSPS) is 32.3. The SMILES string of the molecule is CC(C)CC1(C)C(C#N)C(=O)N(C)C(=O)C1C#N. The van der Waals surface area contributed by atoms with Crippen LogP contribution in [0.15, 0.2) is 0 Å². The quantitative estimate of drug-likeness (QED) is 0.689. The molecule has 5 heteroatoms. The molecule has 1 aliphatic rings. The molecule has 1 rings (SSSR count). The molecule has 5 nitrogen and oxygen atoms in total. The maximum atomic E-state index is 12.0. The van der Waals surface area contributed by atoms with Gasteiger partial charge in [0.05, 0.1) is 12.1 Å². The number of nitriles is 2. The van der Waals surface area contributed by atoms with Gasteiger partial charge in [0, 0.05) is 12.5 Å². The van der Waals surface area contributed by atoms with E-state index in [1.165, 1.54) is 7.05 Å². The Morgan fingerprint density at radius 1 is 1.22 bits per heavy atom. The van der Waals surface area contributed by atoms with Gasteiger partial charge in [-0.2, -0.15) is 10.5 Å². The van der Waals surface area contributed by atoms with E-state index in [2.05, 4.69) is 0 Å². The summed E-state index contributed by atoms with van der Waals surface area (Å²) in [5, 5.41) is 18.4. The van der Waals surface area contributed by atoms with E-state index in [0.29, 0.717) is 6.42 Å². The van der Waals surface area contributed by atoms with Gasteiger partial charge in [-0.15, -0.1) is 0 Å². The lowest BCUT2D eigenvalue weighted by Gasteiger charge is -2.43. The van der Waals surface area contributed by atoms with Gasteiger partial charge in [-0.25, -0.2) is 0 Å². The molecule has 0 radical (unpaired) electrons. The predicted octanol–water partition coefficient (Wildman–Crippen LogP) is 1.32. The van der Waals surface area contributed by atoms with E-state index in [1.807, 2.05) is 26.0 Å². The second kappa shape index (κ2) is 4.78. The Labute approximate surface area is 107 Å². The first-order chi connectivity index (χ1) is 8.29. The molecule has 0 aromatic rings. The molecule has 0 aromatic carbocycles. The molecule has 1 heterocycles. The summed E-state index contributed by atoms with van der Waals surface area (Å²) >= 11 is 0. The zero-order valence-electron chi connectivity index (χ0n) is 11.1. The van der Waals surface area contributed by atoms with Crippen molar-refractivity contribution in [3.8, 4) is 12.1 Å². The first-order valence-electron chi connectivity index (χ1n) is 5.90. The van der Waals surface area contributed by atoms with Gasteiger partial charge < -0.3 is 0 Å². The number of hydrogen-bond acceptors (Lipinski definition) is 4. The van der Waals surface area contributed by atoms with Crippen molar-refractivity contribution in [1.82, 2.24) is 4.90 Å². The maximum absolute atomic E-state index is 12.0. The predicted molar refractivity (Wildman–Crippen MR) is 63.5 cm³/mol. The summed E-state index contributed by atoms with van der Waals surface area (Å²) in [5.74, 6) is -2.68. The van der Waals surface area contributed by atoms with Crippen molar-refractivity contribution in [2.45, 2.75) is 27.2 Å². The van der Waals surface area contributed by atoms with Crippen molar-refractivity contribution >= 4 is 11.8 Å². The van der Waals surface area contributed by atoms with E-state index in [-0.39, 0.29) is 5.92 Å². The lowest BCUT2D eigenvalue weighted by Crippen LogP contribution is -2.57. The van der Waals surface area contributed by atoms with Crippen molar-refractivity contribution in [2.24, 2.45) is 23.2 Å². The van der Waals surface area contributed by atoms with Gasteiger partial charge in [0.15, 0.2) is 0 Å². The third kappa shape index (κ3) is 1.97. The van der Waals surface area contributed by atoms with E-state index in [4.69, 9.17) is 0 Å². The Morgan fingerprint density at radius 2 is 1.61 bits per heavy atom. The fourth-order valence-electron chi connectivity index (χ4n) is 2.75. The monoisotopic (exact) mass is 247 g/mol. The van der Waals surface area contributed by atoms with Crippen LogP contribution in [0.1, 0.15) is 27.2 Å². The Hall–Kier alpha value is -1.88. The number of imide groups is 1. The average Bonchev–Trinajstić information content (AvgIpc) is 2.26. The second-order valence-corrected chi connectivity index (χ2v) is 5.46. The van der Waals surface area contributed by atoms with Gasteiger partial charge in [0.2, 0.25) is 11.8 Å². The third-order valence-corrected chi connectivity index (χ3v) is 3.58. The minimum absolute atomic E-state index is 0.200.